The fourth-order valence-electron chi connectivity index (χ4n) is 3.29. The van der Waals surface area contributed by atoms with Gasteiger partial charge in [0.05, 0.1) is 0 Å². The summed E-state index contributed by atoms with van der Waals surface area (Å²) in [5, 5.41) is 4.62. The van der Waals surface area contributed by atoms with Crippen LogP contribution in [0.3, 0.4) is 0 Å². The highest BCUT2D eigenvalue weighted by Gasteiger charge is 2.20. The van der Waals surface area contributed by atoms with Crippen LogP contribution in [0.4, 0.5) is 5.69 Å². The molecule has 21 heavy (non-hydrogen) atoms. The zero-order valence-corrected chi connectivity index (χ0v) is 14.5. The van der Waals surface area contributed by atoms with Gasteiger partial charge in [-0.1, -0.05) is 51.7 Å². The van der Waals surface area contributed by atoms with Crippen molar-refractivity contribution < 1.29 is 4.57 Å². The van der Waals surface area contributed by atoms with E-state index in [1.165, 1.54) is 38.5 Å². The molecule has 0 saturated heterocycles. The highest BCUT2D eigenvalue weighted by atomic mass is 31.2. The van der Waals surface area contributed by atoms with Gasteiger partial charge in [0.1, 0.15) is 7.14 Å². The molecule has 0 spiro atoms. The quantitative estimate of drug-likeness (QED) is 0.585. The summed E-state index contributed by atoms with van der Waals surface area (Å²) < 4.78 is 12.8. The number of anilines is 1. The van der Waals surface area contributed by atoms with Crippen molar-refractivity contribution in [2.45, 2.75) is 52.4 Å². The van der Waals surface area contributed by atoms with E-state index in [1.54, 1.807) is 0 Å². The third-order valence-electron chi connectivity index (χ3n) is 4.91. The normalized spacial score (nSPS) is 17.4. The van der Waals surface area contributed by atoms with Crippen LogP contribution >= 0.6 is 7.14 Å². The van der Waals surface area contributed by atoms with E-state index in [2.05, 4.69) is 17.4 Å². The Labute approximate surface area is 130 Å². The largest absolute Gasteiger partial charge is 0.385 e. The van der Waals surface area contributed by atoms with Crippen molar-refractivity contribution in [3.05, 3.63) is 24.3 Å². The van der Waals surface area contributed by atoms with Crippen molar-refractivity contribution in [1.82, 2.24) is 0 Å². The molecule has 2 nitrogen and oxygen atoms in total. The fourth-order valence-corrected chi connectivity index (χ4v) is 5.20. The monoisotopic (exact) mass is 307 g/mol. The van der Waals surface area contributed by atoms with Crippen LogP contribution in [0.15, 0.2) is 24.3 Å². The number of hydrogen-bond donors (Lipinski definition) is 1. The summed E-state index contributed by atoms with van der Waals surface area (Å²) in [6.07, 6.45) is 9.81. The number of nitrogens with one attached hydrogen (secondary N) is 1. The molecule has 0 aromatic heterocycles. The number of hydrogen-bond acceptors (Lipinski definition) is 2. The molecular formula is C18H30NOP. The molecule has 1 saturated carbocycles. The molecule has 1 N–H and O–H groups in total. The second-order valence-corrected chi connectivity index (χ2v) is 9.87. The maximum Gasteiger partial charge on any atom is 0.115 e. The maximum atomic E-state index is 12.8. The molecule has 1 fully saturated rings. The summed E-state index contributed by atoms with van der Waals surface area (Å²) in [5.41, 5.74) is 1.14. The highest BCUT2D eigenvalue weighted by Crippen LogP contribution is 2.43. The third kappa shape index (κ3) is 4.61. The zero-order valence-electron chi connectivity index (χ0n) is 13.6. The van der Waals surface area contributed by atoms with Crippen molar-refractivity contribution in [3.63, 3.8) is 0 Å². The SMILES string of the molecule is CCP(=O)(CC)c1cccc(NCC2CCCCCC2)c1. The van der Waals surface area contributed by atoms with Gasteiger partial charge >= 0.3 is 0 Å². The standard InChI is InChI=1S/C18H30NOP/c1-3-21(20,4-2)18-13-9-12-17(14-18)19-15-16-10-7-5-6-8-11-16/h9,12-14,16,19H,3-8,10-11,15H2,1-2H3. The minimum atomic E-state index is -2.16. The predicted molar refractivity (Wildman–Crippen MR) is 94.4 cm³/mol. The molecule has 0 unspecified atom stereocenters. The molecule has 0 aliphatic heterocycles. The van der Waals surface area contributed by atoms with Crippen LogP contribution in [0.5, 0.6) is 0 Å². The lowest BCUT2D eigenvalue weighted by Gasteiger charge is -2.18. The summed E-state index contributed by atoms with van der Waals surface area (Å²) in [4.78, 5) is 0. The molecule has 1 aliphatic carbocycles. The van der Waals surface area contributed by atoms with Crippen LogP contribution in [-0.2, 0) is 4.57 Å². The molecule has 0 bridgehead atoms. The van der Waals surface area contributed by atoms with E-state index in [0.717, 1.165) is 35.8 Å². The van der Waals surface area contributed by atoms with Gasteiger partial charge in [-0.3, -0.25) is 0 Å². The summed E-state index contributed by atoms with van der Waals surface area (Å²) in [6.45, 7) is 5.14. The van der Waals surface area contributed by atoms with Crippen LogP contribution in [0.2, 0.25) is 0 Å². The molecular weight excluding hydrogens is 277 g/mol. The van der Waals surface area contributed by atoms with Gasteiger partial charge < -0.3 is 9.88 Å². The van der Waals surface area contributed by atoms with Gasteiger partial charge in [-0.25, -0.2) is 0 Å². The van der Waals surface area contributed by atoms with Crippen molar-refractivity contribution >= 4 is 18.1 Å². The Morgan fingerprint density at radius 1 is 1.10 bits per heavy atom. The Bertz CT molecular complexity index is 470. The summed E-state index contributed by atoms with van der Waals surface area (Å²) >= 11 is 0. The molecule has 2 rings (SSSR count). The Morgan fingerprint density at radius 2 is 1.76 bits per heavy atom. The van der Waals surface area contributed by atoms with E-state index < -0.39 is 7.14 Å². The van der Waals surface area contributed by atoms with Crippen molar-refractivity contribution in [3.8, 4) is 0 Å². The smallest absolute Gasteiger partial charge is 0.115 e. The van der Waals surface area contributed by atoms with Crippen LogP contribution in [0.25, 0.3) is 0 Å². The lowest BCUT2D eigenvalue weighted by molar-refractivity contribution is 0.483. The van der Waals surface area contributed by atoms with E-state index >= 15 is 0 Å². The van der Waals surface area contributed by atoms with Gasteiger partial charge in [0.25, 0.3) is 0 Å². The van der Waals surface area contributed by atoms with Crippen molar-refractivity contribution in [2.75, 3.05) is 24.2 Å². The van der Waals surface area contributed by atoms with Gasteiger partial charge in [0.2, 0.25) is 0 Å². The summed E-state index contributed by atoms with van der Waals surface area (Å²) in [6, 6.07) is 8.30. The average molecular weight is 307 g/mol. The van der Waals surface area contributed by atoms with Gasteiger partial charge in [-0.2, -0.15) is 0 Å². The Hall–Kier alpha value is -0.750. The Balaban J connectivity index is 1.99. The summed E-state index contributed by atoms with van der Waals surface area (Å²) in [7, 11) is -2.16. The molecule has 0 atom stereocenters. The second-order valence-electron chi connectivity index (χ2n) is 6.31. The van der Waals surface area contributed by atoms with E-state index in [-0.39, 0.29) is 0 Å². The predicted octanol–water partition coefficient (Wildman–Crippen LogP) is 5.10. The van der Waals surface area contributed by atoms with E-state index in [1.807, 2.05) is 26.0 Å². The average Bonchev–Trinajstić information content (AvgIpc) is 2.81. The lowest BCUT2D eigenvalue weighted by Crippen LogP contribution is -2.15. The van der Waals surface area contributed by atoms with Crippen molar-refractivity contribution in [2.24, 2.45) is 5.92 Å². The lowest BCUT2D eigenvalue weighted by atomic mass is 10.0. The molecule has 1 aromatic rings. The molecule has 0 heterocycles. The Kier molecular flexibility index (Phi) is 6.36. The first kappa shape index (κ1) is 16.6. The molecule has 0 radical (unpaired) electrons. The topological polar surface area (TPSA) is 29.1 Å². The molecule has 0 amide bonds. The maximum absolute atomic E-state index is 12.8. The summed E-state index contributed by atoms with van der Waals surface area (Å²) in [5.74, 6) is 0.806. The van der Waals surface area contributed by atoms with Crippen LogP contribution in [-0.4, -0.2) is 18.9 Å². The second kappa shape index (κ2) is 8.03. The molecule has 118 valence electrons. The first-order valence-electron chi connectivity index (χ1n) is 8.60. The third-order valence-corrected chi connectivity index (χ3v) is 8.17. The van der Waals surface area contributed by atoms with Gasteiger partial charge in [-0.15, -0.1) is 0 Å². The van der Waals surface area contributed by atoms with E-state index in [0.29, 0.717) is 0 Å². The molecule has 1 aromatic carbocycles. The van der Waals surface area contributed by atoms with Crippen LogP contribution < -0.4 is 10.6 Å². The van der Waals surface area contributed by atoms with Gasteiger partial charge in [0.15, 0.2) is 0 Å². The number of benzene rings is 1. The minimum Gasteiger partial charge on any atom is -0.385 e. The molecule has 3 heteroatoms. The van der Waals surface area contributed by atoms with Gasteiger partial charge in [-0.05, 0) is 30.9 Å². The number of rotatable bonds is 6. The zero-order chi connectivity index (χ0) is 15.1. The minimum absolute atomic E-state index is 0.760. The van der Waals surface area contributed by atoms with E-state index in [4.69, 9.17) is 0 Å². The first-order valence-corrected chi connectivity index (χ1v) is 10.7. The van der Waals surface area contributed by atoms with E-state index in [9.17, 15) is 4.57 Å². The highest BCUT2D eigenvalue weighted by molar-refractivity contribution is 7.71. The Morgan fingerprint density at radius 3 is 2.38 bits per heavy atom. The van der Waals surface area contributed by atoms with Crippen LogP contribution in [0, 0.1) is 5.92 Å². The first-order chi connectivity index (χ1) is 10.2. The molecule has 1 aliphatic rings. The van der Waals surface area contributed by atoms with Crippen molar-refractivity contribution in [1.29, 1.82) is 0 Å². The fraction of sp³-hybridized carbons (Fsp3) is 0.667. The van der Waals surface area contributed by atoms with Gasteiger partial charge in [0, 0.05) is 29.9 Å². The van der Waals surface area contributed by atoms with Crippen LogP contribution in [0.1, 0.15) is 52.4 Å².